The van der Waals surface area contributed by atoms with Gasteiger partial charge in [0.1, 0.15) is 11.4 Å². The molecule has 0 amide bonds. The van der Waals surface area contributed by atoms with Gasteiger partial charge in [-0.15, -0.1) is 0 Å². The van der Waals surface area contributed by atoms with Gasteiger partial charge in [-0.25, -0.2) is 0 Å². The molecule has 4 rings (SSSR count). The summed E-state index contributed by atoms with van der Waals surface area (Å²) in [5, 5.41) is 4.81. The van der Waals surface area contributed by atoms with E-state index in [0.717, 1.165) is 47.2 Å². The zero-order valence-electron chi connectivity index (χ0n) is 14.0. The monoisotopic (exact) mass is 433 g/mol. The first-order valence-corrected chi connectivity index (χ1v) is 9.68. The lowest BCUT2D eigenvalue weighted by molar-refractivity contribution is -0.105. The van der Waals surface area contributed by atoms with Gasteiger partial charge in [0.25, 0.3) is 0 Å². The molecular formula is C20H17BrClNO3. The highest BCUT2D eigenvalue weighted by Gasteiger charge is 2.19. The van der Waals surface area contributed by atoms with E-state index in [2.05, 4.69) is 21.1 Å². The highest BCUT2D eigenvalue weighted by atomic mass is 79.9. The van der Waals surface area contributed by atoms with Crippen molar-refractivity contribution >= 4 is 27.5 Å². The standard InChI is InChI=1S/C20H17BrClNO3/c21-18-19(15-5-1-2-6-16(15)22)23-26-20(18)13-8-10-14(11-9-13)25-17-7-3-4-12-24-17/h1-2,5-6,8-11,17H,3-4,7,12H2. The summed E-state index contributed by atoms with van der Waals surface area (Å²) >= 11 is 9.86. The summed E-state index contributed by atoms with van der Waals surface area (Å²) in [4.78, 5) is 0. The summed E-state index contributed by atoms with van der Waals surface area (Å²) < 4.78 is 17.8. The normalized spacial score (nSPS) is 17.2. The van der Waals surface area contributed by atoms with Crippen molar-refractivity contribution in [2.45, 2.75) is 25.6 Å². The Morgan fingerprint density at radius 1 is 1.08 bits per heavy atom. The van der Waals surface area contributed by atoms with Crippen molar-refractivity contribution in [2.75, 3.05) is 6.61 Å². The average molecular weight is 435 g/mol. The fourth-order valence-electron chi connectivity index (χ4n) is 2.92. The molecule has 0 N–H and O–H groups in total. The molecule has 0 spiro atoms. The van der Waals surface area contributed by atoms with Crippen molar-refractivity contribution in [1.82, 2.24) is 5.16 Å². The van der Waals surface area contributed by atoms with E-state index in [-0.39, 0.29) is 6.29 Å². The van der Waals surface area contributed by atoms with Crippen LogP contribution in [0.15, 0.2) is 57.5 Å². The van der Waals surface area contributed by atoms with Crippen LogP contribution >= 0.6 is 27.5 Å². The van der Waals surface area contributed by atoms with Gasteiger partial charge >= 0.3 is 0 Å². The lowest BCUT2D eigenvalue weighted by atomic mass is 10.1. The maximum absolute atomic E-state index is 6.27. The minimum absolute atomic E-state index is 0.154. The molecule has 1 aliphatic heterocycles. The Balaban J connectivity index is 1.55. The largest absolute Gasteiger partial charge is 0.465 e. The lowest BCUT2D eigenvalue weighted by Crippen LogP contribution is -2.24. The van der Waals surface area contributed by atoms with Crippen LogP contribution in [0.2, 0.25) is 5.02 Å². The van der Waals surface area contributed by atoms with E-state index < -0.39 is 0 Å². The summed E-state index contributed by atoms with van der Waals surface area (Å²) in [5.74, 6) is 1.43. The summed E-state index contributed by atoms with van der Waals surface area (Å²) in [7, 11) is 0. The fraction of sp³-hybridized carbons (Fsp3) is 0.250. The van der Waals surface area contributed by atoms with Crippen molar-refractivity contribution in [1.29, 1.82) is 0 Å². The van der Waals surface area contributed by atoms with Gasteiger partial charge in [-0.3, -0.25) is 0 Å². The topological polar surface area (TPSA) is 44.5 Å². The van der Waals surface area contributed by atoms with E-state index in [1.165, 1.54) is 0 Å². The van der Waals surface area contributed by atoms with Crippen LogP contribution in [-0.2, 0) is 4.74 Å². The third-order valence-corrected chi connectivity index (χ3v) is 5.35. The lowest BCUT2D eigenvalue weighted by Gasteiger charge is -2.23. The predicted molar refractivity (Wildman–Crippen MR) is 104 cm³/mol. The molecule has 0 aliphatic carbocycles. The molecular weight excluding hydrogens is 418 g/mol. The van der Waals surface area contributed by atoms with Crippen molar-refractivity contribution in [3.05, 3.63) is 58.0 Å². The van der Waals surface area contributed by atoms with Gasteiger partial charge in [0.2, 0.25) is 0 Å². The number of aromatic nitrogens is 1. The third-order valence-electron chi connectivity index (χ3n) is 4.29. The van der Waals surface area contributed by atoms with Gasteiger partial charge in [-0.2, -0.15) is 0 Å². The van der Waals surface area contributed by atoms with E-state index in [4.69, 9.17) is 25.6 Å². The maximum atomic E-state index is 6.27. The molecule has 2 aromatic carbocycles. The van der Waals surface area contributed by atoms with Crippen LogP contribution in [0.5, 0.6) is 5.75 Å². The van der Waals surface area contributed by atoms with E-state index >= 15 is 0 Å². The van der Waals surface area contributed by atoms with Crippen LogP contribution in [0.1, 0.15) is 19.3 Å². The second-order valence-corrected chi connectivity index (χ2v) is 7.29. The van der Waals surface area contributed by atoms with Gasteiger partial charge in [0.15, 0.2) is 12.1 Å². The molecule has 1 unspecified atom stereocenters. The first-order chi connectivity index (χ1) is 12.7. The Morgan fingerprint density at radius 2 is 1.88 bits per heavy atom. The van der Waals surface area contributed by atoms with Crippen LogP contribution in [-0.4, -0.2) is 18.1 Å². The number of ether oxygens (including phenoxy) is 2. The summed E-state index contributed by atoms with van der Waals surface area (Å²) in [6.07, 6.45) is 3.01. The number of rotatable bonds is 4. The molecule has 0 bridgehead atoms. The minimum Gasteiger partial charge on any atom is -0.465 e. The Hall–Kier alpha value is -1.82. The van der Waals surface area contributed by atoms with Gasteiger partial charge in [-0.1, -0.05) is 35.0 Å². The Morgan fingerprint density at radius 3 is 2.62 bits per heavy atom. The molecule has 1 saturated heterocycles. The van der Waals surface area contributed by atoms with Crippen LogP contribution in [0, 0.1) is 0 Å². The number of benzene rings is 2. The molecule has 1 fully saturated rings. The molecule has 0 radical (unpaired) electrons. The van der Waals surface area contributed by atoms with Crippen LogP contribution in [0.4, 0.5) is 0 Å². The first-order valence-electron chi connectivity index (χ1n) is 8.51. The highest BCUT2D eigenvalue weighted by molar-refractivity contribution is 9.10. The second-order valence-electron chi connectivity index (χ2n) is 6.09. The van der Waals surface area contributed by atoms with Crippen molar-refractivity contribution in [3.8, 4) is 28.3 Å². The molecule has 1 aromatic heterocycles. The minimum atomic E-state index is -0.154. The zero-order chi connectivity index (χ0) is 17.9. The molecule has 2 heterocycles. The Labute approximate surface area is 165 Å². The number of hydrogen-bond donors (Lipinski definition) is 0. The second kappa shape index (κ2) is 7.82. The number of nitrogens with zero attached hydrogens (tertiary/aromatic N) is 1. The number of hydrogen-bond acceptors (Lipinski definition) is 4. The highest BCUT2D eigenvalue weighted by Crippen LogP contribution is 2.39. The first kappa shape index (κ1) is 17.6. The molecule has 26 heavy (non-hydrogen) atoms. The fourth-order valence-corrected chi connectivity index (χ4v) is 3.73. The summed E-state index contributed by atoms with van der Waals surface area (Å²) in [6, 6.07) is 15.3. The molecule has 0 saturated carbocycles. The predicted octanol–water partition coefficient (Wildman–Crippen LogP) is 6.33. The van der Waals surface area contributed by atoms with Crippen LogP contribution in [0.3, 0.4) is 0 Å². The van der Waals surface area contributed by atoms with E-state index in [1.54, 1.807) is 0 Å². The van der Waals surface area contributed by atoms with Gasteiger partial charge in [0.05, 0.1) is 16.1 Å². The molecule has 6 heteroatoms. The maximum Gasteiger partial charge on any atom is 0.199 e. The van der Waals surface area contributed by atoms with Crippen molar-refractivity contribution in [2.24, 2.45) is 0 Å². The average Bonchev–Trinajstić information content (AvgIpc) is 3.05. The summed E-state index contributed by atoms with van der Waals surface area (Å²) in [5.41, 5.74) is 2.41. The molecule has 134 valence electrons. The molecule has 4 nitrogen and oxygen atoms in total. The van der Waals surface area contributed by atoms with Gasteiger partial charge in [0, 0.05) is 17.5 Å². The molecule has 1 atom stereocenters. The Bertz CT molecular complexity index is 888. The quantitative estimate of drug-likeness (QED) is 0.481. The summed E-state index contributed by atoms with van der Waals surface area (Å²) in [6.45, 7) is 0.762. The van der Waals surface area contributed by atoms with E-state index in [0.29, 0.717) is 16.5 Å². The van der Waals surface area contributed by atoms with Gasteiger partial charge < -0.3 is 14.0 Å². The van der Waals surface area contributed by atoms with E-state index in [9.17, 15) is 0 Å². The zero-order valence-corrected chi connectivity index (χ0v) is 16.3. The van der Waals surface area contributed by atoms with Crippen molar-refractivity contribution in [3.63, 3.8) is 0 Å². The molecule has 3 aromatic rings. The molecule has 1 aliphatic rings. The third kappa shape index (κ3) is 3.65. The van der Waals surface area contributed by atoms with Gasteiger partial charge in [-0.05, 0) is 59.1 Å². The number of halogens is 2. The smallest absolute Gasteiger partial charge is 0.199 e. The van der Waals surface area contributed by atoms with Crippen LogP contribution in [0.25, 0.3) is 22.6 Å². The SMILES string of the molecule is Clc1ccccc1-c1noc(-c2ccc(OC3CCCCO3)cc2)c1Br. The Kier molecular flexibility index (Phi) is 5.29. The van der Waals surface area contributed by atoms with E-state index in [1.807, 2.05) is 48.5 Å². The van der Waals surface area contributed by atoms with Crippen molar-refractivity contribution < 1.29 is 14.0 Å². The van der Waals surface area contributed by atoms with Crippen LogP contribution < -0.4 is 4.74 Å².